The lowest BCUT2D eigenvalue weighted by atomic mass is 9.81. The number of aliphatic hydroxyl groups is 1. The minimum Gasteiger partial charge on any atom is -0.388 e. The molecule has 0 aromatic carbocycles. The molecule has 0 bridgehead atoms. The number of aliphatic hydroxyl groups excluding tert-OH is 1. The summed E-state index contributed by atoms with van der Waals surface area (Å²) in [7, 11) is 0. The molecular formula is C13H18O3S. The Hall–Kier alpha value is -0.420. The molecule has 1 aromatic heterocycles. The van der Waals surface area contributed by atoms with Crippen LogP contribution in [0.2, 0.25) is 0 Å². The lowest BCUT2D eigenvalue weighted by Gasteiger charge is -2.38. The topological polar surface area (TPSA) is 38.7 Å². The zero-order chi connectivity index (χ0) is 11.7. The molecule has 1 spiro atoms. The van der Waals surface area contributed by atoms with Gasteiger partial charge in [-0.25, -0.2) is 0 Å². The summed E-state index contributed by atoms with van der Waals surface area (Å²) in [6.45, 7) is 2.23. The number of thiophene rings is 1. The Morgan fingerprint density at radius 2 is 2.41 bits per heavy atom. The fourth-order valence-electron chi connectivity index (χ4n) is 2.91. The van der Waals surface area contributed by atoms with Gasteiger partial charge in [0.05, 0.1) is 18.3 Å². The fraction of sp³-hybridized carbons (Fsp3) is 0.692. The van der Waals surface area contributed by atoms with Gasteiger partial charge in [-0.1, -0.05) is 0 Å². The second-order valence-corrected chi connectivity index (χ2v) is 5.87. The van der Waals surface area contributed by atoms with Crippen molar-refractivity contribution in [2.75, 3.05) is 19.8 Å². The Labute approximate surface area is 105 Å². The predicted molar refractivity (Wildman–Crippen MR) is 66.1 cm³/mol. The minimum absolute atomic E-state index is 0.111. The van der Waals surface area contributed by atoms with Gasteiger partial charge in [0.25, 0.3) is 0 Å². The smallest absolute Gasteiger partial charge is 0.0940 e. The fourth-order valence-corrected chi connectivity index (χ4v) is 3.60. The summed E-state index contributed by atoms with van der Waals surface area (Å²) in [5.41, 5.74) is 0.941. The van der Waals surface area contributed by atoms with E-state index >= 15 is 0 Å². The van der Waals surface area contributed by atoms with Crippen molar-refractivity contribution in [2.24, 2.45) is 5.92 Å². The van der Waals surface area contributed by atoms with Crippen LogP contribution in [0.3, 0.4) is 0 Å². The van der Waals surface area contributed by atoms with Crippen LogP contribution in [0.4, 0.5) is 0 Å². The third-order valence-corrected chi connectivity index (χ3v) is 4.63. The molecule has 0 saturated carbocycles. The van der Waals surface area contributed by atoms with E-state index in [-0.39, 0.29) is 11.7 Å². The SMILES string of the molecule is OC(c1ccsc1)C1CCOC2(CCOC2)C1. The van der Waals surface area contributed by atoms with E-state index in [0.29, 0.717) is 12.5 Å². The molecule has 2 aliphatic rings. The van der Waals surface area contributed by atoms with Crippen LogP contribution in [0.15, 0.2) is 16.8 Å². The number of hydrogen-bond donors (Lipinski definition) is 1. The molecule has 0 aliphatic carbocycles. The van der Waals surface area contributed by atoms with Gasteiger partial charge < -0.3 is 14.6 Å². The van der Waals surface area contributed by atoms with Crippen molar-refractivity contribution < 1.29 is 14.6 Å². The standard InChI is InChI=1S/C13H18O3S/c14-12(11-2-6-17-8-11)10-1-4-16-13(7-10)3-5-15-9-13/h2,6,8,10,12,14H,1,3-5,7,9H2. The first-order chi connectivity index (χ1) is 8.29. The van der Waals surface area contributed by atoms with Crippen LogP contribution in [0, 0.1) is 5.92 Å². The van der Waals surface area contributed by atoms with Crippen molar-refractivity contribution >= 4 is 11.3 Å². The van der Waals surface area contributed by atoms with Crippen LogP contribution < -0.4 is 0 Å². The van der Waals surface area contributed by atoms with Crippen molar-refractivity contribution in [1.82, 2.24) is 0 Å². The first-order valence-corrected chi connectivity index (χ1v) is 7.15. The van der Waals surface area contributed by atoms with Crippen LogP contribution in [-0.2, 0) is 9.47 Å². The van der Waals surface area contributed by atoms with E-state index < -0.39 is 0 Å². The van der Waals surface area contributed by atoms with Crippen LogP contribution in [0.25, 0.3) is 0 Å². The highest BCUT2D eigenvalue weighted by molar-refractivity contribution is 7.07. The van der Waals surface area contributed by atoms with E-state index in [0.717, 1.165) is 38.0 Å². The molecule has 1 N–H and O–H groups in total. The molecular weight excluding hydrogens is 236 g/mol. The monoisotopic (exact) mass is 254 g/mol. The number of hydrogen-bond acceptors (Lipinski definition) is 4. The lowest BCUT2D eigenvalue weighted by Crippen LogP contribution is -2.41. The lowest BCUT2D eigenvalue weighted by molar-refractivity contribution is -0.117. The Morgan fingerprint density at radius 3 is 3.12 bits per heavy atom. The molecule has 0 amide bonds. The average Bonchev–Trinajstić information content (AvgIpc) is 3.00. The zero-order valence-corrected chi connectivity index (χ0v) is 10.6. The Bertz CT molecular complexity index is 357. The summed E-state index contributed by atoms with van der Waals surface area (Å²) in [6, 6.07) is 2.02. The quantitative estimate of drug-likeness (QED) is 0.880. The van der Waals surface area contributed by atoms with Gasteiger partial charge in [-0.2, -0.15) is 11.3 Å². The molecule has 0 radical (unpaired) electrons. The Balaban J connectivity index is 1.71. The highest BCUT2D eigenvalue weighted by atomic mass is 32.1. The Morgan fingerprint density at radius 1 is 1.47 bits per heavy atom. The van der Waals surface area contributed by atoms with E-state index in [1.807, 2.05) is 16.8 Å². The molecule has 2 saturated heterocycles. The summed E-state index contributed by atoms with van der Waals surface area (Å²) in [5.74, 6) is 0.306. The van der Waals surface area contributed by atoms with Crippen LogP contribution in [0.1, 0.15) is 30.9 Å². The van der Waals surface area contributed by atoms with E-state index in [9.17, 15) is 5.11 Å². The molecule has 2 aliphatic heterocycles. The van der Waals surface area contributed by atoms with Gasteiger partial charge in [0.1, 0.15) is 0 Å². The number of rotatable bonds is 2. The van der Waals surface area contributed by atoms with Gasteiger partial charge >= 0.3 is 0 Å². The molecule has 17 heavy (non-hydrogen) atoms. The van der Waals surface area contributed by atoms with Crippen molar-refractivity contribution in [3.8, 4) is 0 Å². The second kappa shape index (κ2) is 4.69. The van der Waals surface area contributed by atoms with E-state index in [4.69, 9.17) is 9.47 Å². The molecule has 3 atom stereocenters. The van der Waals surface area contributed by atoms with E-state index in [1.54, 1.807) is 11.3 Å². The summed E-state index contributed by atoms with van der Waals surface area (Å²) in [6.07, 6.45) is 2.49. The van der Waals surface area contributed by atoms with Crippen molar-refractivity contribution in [3.05, 3.63) is 22.4 Å². The molecule has 4 heteroatoms. The zero-order valence-electron chi connectivity index (χ0n) is 9.80. The van der Waals surface area contributed by atoms with Crippen molar-refractivity contribution in [3.63, 3.8) is 0 Å². The van der Waals surface area contributed by atoms with Crippen molar-refractivity contribution in [2.45, 2.75) is 31.0 Å². The van der Waals surface area contributed by atoms with Gasteiger partial charge in [-0.05, 0) is 41.1 Å². The van der Waals surface area contributed by atoms with Gasteiger partial charge in [0, 0.05) is 19.6 Å². The highest BCUT2D eigenvalue weighted by Gasteiger charge is 2.42. The minimum atomic E-state index is -0.345. The molecule has 3 nitrogen and oxygen atoms in total. The first-order valence-electron chi connectivity index (χ1n) is 6.21. The van der Waals surface area contributed by atoms with Crippen molar-refractivity contribution in [1.29, 1.82) is 0 Å². The molecule has 94 valence electrons. The molecule has 3 heterocycles. The van der Waals surface area contributed by atoms with E-state index in [2.05, 4.69) is 0 Å². The van der Waals surface area contributed by atoms with Gasteiger partial charge in [0.15, 0.2) is 0 Å². The highest BCUT2D eigenvalue weighted by Crippen LogP contribution is 2.41. The summed E-state index contributed by atoms with van der Waals surface area (Å²) < 4.78 is 11.3. The summed E-state index contributed by atoms with van der Waals surface area (Å²) >= 11 is 1.64. The third kappa shape index (κ3) is 2.27. The predicted octanol–water partition coefficient (Wildman–Crippen LogP) is 2.37. The normalized spacial score (nSPS) is 35.2. The second-order valence-electron chi connectivity index (χ2n) is 5.09. The Kier molecular flexibility index (Phi) is 3.21. The maximum atomic E-state index is 10.4. The maximum absolute atomic E-state index is 10.4. The third-order valence-electron chi connectivity index (χ3n) is 3.93. The largest absolute Gasteiger partial charge is 0.388 e. The first kappa shape index (κ1) is 11.7. The van der Waals surface area contributed by atoms with Crippen LogP contribution in [0.5, 0.6) is 0 Å². The average molecular weight is 254 g/mol. The summed E-state index contributed by atoms with van der Waals surface area (Å²) in [4.78, 5) is 0. The van der Waals surface area contributed by atoms with E-state index in [1.165, 1.54) is 0 Å². The maximum Gasteiger partial charge on any atom is 0.0940 e. The van der Waals surface area contributed by atoms with Gasteiger partial charge in [-0.3, -0.25) is 0 Å². The number of ether oxygens (including phenoxy) is 2. The molecule has 2 fully saturated rings. The molecule has 3 rings (SSSR count). The molecule has 1 aromatic rings. The van der Waals surface area contributed by atoms with Crippen LogP contribution >= 0.6 is 11.3 Å². The van der Waals surface area contributed by atoms with Crippen LogP contribution in [-0.4, -0.2) is 30.5 Å². The van der Waals surface area contributed by atoms with Gasteiger partial charge in [0.2, 0.25) is 0 Å². The summed E-state index contributed by atoms with van der Waals surface area (Å²) in [5, 5.41) is 14.4. The van der Waals surface area contributed by atoms with Gasteiger partial charge in [-0.15, -0.1) is 0 Å². The molecule has 3 unspecified atom stereocenters.